The molecule has 1 atom stereocenters. The van der Waals surface area contributed by atoms with Crippen LogP contribution in [0.2, 0.25) is 0 Å². The Hall–Kier alpha value is -1.89. The van der Waals surface area contributed by atoms with Crippen LogP contribution in [0.3, 0.4) is 0 Å². The normalized spacial score (nSPS) is 13.6. The van der Waals surface area contributed by atoms with E-state index in [9.17, 15) is 9.18 Å². The zero-order valence-corrected chi connectivity index (χ0v) is 9.16. The van der Waals surface area contributed by atoms with Gasteiger partial charge in [0.1, 0.15) is 6.07 Å². The first-order chi connectivity index (χ1) is 7.45. The molecule has 1 unspecified atom stereocenters. The Morgan fingerprint density at radius 1 is 1.50 bits per heavy atom. The Labute approximate surface area is 93.5 Å². The summed E-state index contributed by atoms with van der Waals surface area (Å²) in [5.74, 6) is -3.39. The van der Waals surface area contributed by atoms with E-state index in [4.69, 9.17) is 5.26 Å². The fraction of sp³-hybridized carbons (Fsp3) is 0.333. The monoisotopic (exact) mass is 221 g/mol. The number of alkyl halides is 1. The molecule has 0 aliphatic carbocycles. The standard InChI is InChI=1S/C12H12FNO2/c1-9-3-5-11(6-4-9)7-12(13,8-14)16-10(2)15/h3-6H,7H2,1-2H3. The van der Waals surface area contributed by atoms with Crippen molar-refractivity contribution < 1.29 is 13.9 Å². The molecule has 0 heterocycles. The topological polar surface area (TPSA) is 50.1 Å². The fourth-order valence-electron chi connectivity index (χ4n) is 1.29. The Bertz CT molecular complexity index is 422. The fourth-order valence-corrected chi connectivity index (χ4v) is 1.29. The van der Waals surface area contributed by atoms with Crippen LogP contribution >= 0.6 is 0 Å². The van der Waals surface area contributed by atoms with Gasteiger partial charge in [-0.25, -0.2) is 0 Å². The number of benzene rings is 1. The van der Waals surface area contributed by atoms with Gasteiger partial charge >= 0.3 is 11.8 Å². The molecule has 0 bridgehead atoms. The van der Waals surface area contributed by atoms with E-state index in [0.29, 0.717) is 5.56 Å². The Kier molecular flexibility index (Phi) is 3.62. The third-order valence-corrected chi connectivity index (χ3v) is 2.02. The van der Waals surface area contributed by atoms with Crippen LogP contribution < -0.4 is 0 Å². The number of halogens is 1. The number of hydrogen-bond donors (Lipinski definition) is 0. The van der Waals surface area contributed by atoms with Crippen molar-refractivity contribution in [2.45, 2.75) is 26.1 Å². The number of carbonyl (C=O) groups is 1. The first kappa shape index (κ1) is 12.2. The molecule has 4 heteroatoms. The van der Waals surface area contributed by atoms with Gasteiger partial charge in [0.05, 0.1) is 6.42 Å². The van der Waals surface area contributed by atoms with Crippen molar-refractivity contribution in [2.24, 2.45) is 0 Å². The van der Waals surface area contributed by atoms with Crippen LogP contribution in [0.25, 0.3) is 0 Å². The highest BCUT2D eigenvalue weighted by molar-refractivity contribution is 5.66. The van der Waals surface area contributed by atoms with Gasteiger partial charge in [-0.2, -0.15) is 9.65 Å². The van der Waals surface area contributed by atoms with Gasteiger partial charge in [0.25, 0.3) is 0 Å². The first-order valence-corrected chi connectivity index (χ1v) is 4.80. The van der Waals surface area contributed by atoms with E-state index in [0.717, 1.165) is 12.5 Å². The van der Waals surface area contributed by atoms with Gasteiger partial charge < -0.3 is 4.74 Å². The maximum absolute atomic E-state index is 13.8. The van der Waals surface area contributed by atoms with Crippen molar-refractivity contribution in [1.29, 1.82) is 5.26 Å². The molecule has 0 fully saturated rings. The molecule has 0 spiro atoms. The van der Waals surface area contributed by atoms with E-state index in [-0.39, 0.29) is 6.42 Å². The van der Waals surface area contributed by atoms with Gasteiger partial charge in [-0.1, -0.05) is 29.8 Å². The van der Waals surface area contributed by atoms with Crippen LogP contribution in [0, 0.1) is 18.3 Å². The largest absolute Gasteiger partial charge is 0.415 e. The minimum atomic E-state index is -2.58. The molecule has 0 radical (unpaired) electrons. The van der Waals surface area contributed by atoms with Gasteiger partial charge in [-0.15, -0.1) is 0 Å². The second-order valence-corrected chi connectivity index (χ2v) is 3.60. The van der Waals surface area contributed by atoms with Crippen LogP contribution in [-0.4, -0.2) is 11.8 Å². The van der Waals surface area contributed by atoms with Crippen molar-refractivity contribution >= 4 is 5.97 Å². The number of aryl methyl sites for hydroxylation is 1. The second kappa shape index (κ2) is 4.75. The molecular weight excluding hydrogens is 209 g/mol. The molecular formula is C12H12FNO2. The summed E-state index contributed by atoms with van der Waals surface area (Å²) in [7, 11) is 0. The maximum Gasteiger partial charge on any atom is 0.342 e. The molecule has 0 amide bonds. The van der Waals surface area contributed by atoms with Gasteiger partial charge in [0, 0.05) is 6.92 Å². The molecule has 84 valence electrons. The van der Waals surface area contributed by atoms with Crippen molar-refractivity contribution in [1.82, 2.24) is 0 Å². The Balaban J connectivity index is 2.81. The van der Waals surface area contributed by atoms with Gasteiger partial charge in [0.2, 0.25) is 0 Å². The van der Waals surface area contributed by atoms with Gasteiger partial charge in [-0.05, 0) is 12.5 Å². The lowest BCUT2D eigenvalue weighted by Crippen LogP contribution is -2.30. The van der Waals surface area contributed by atoms with Crippen molar-refractivity contribution in [3.05, 3.63) is 35.4 Å². The van der Waals surface area contributed by atoms with Crippen LogP contribution in [-0.2, 0) is 16.0 Å². The molecule has 0 saturated heterocycles. The summed E-state index contributed by atoms with van der Waals surface area (Å²) in [5.41, 5.74) is 1.65. The van der Waals surface area contributed by atoms with Crippen LogP contribution in [0.1, 0.15) is 18.1 Å². The lowest BCUT2D eigenvalue weighted by molar-refractivity contribution is -0.166. The number of hydrogen-bond acceptors (Lipinski definition) is 3. The van der Waals surface area contributed by atoms with E-state index in [1.165, 1.54) is 6.07 Å². The van der Waals surface area contributed by atoms with E-state index in [1.807, 2.05) is 6.92 Å². The summed E-state index contributed by atoms with van der Waals surface area (Å²) in [6, 6.07) is 8.37. The lowest BCUT2D eigenvalue weighted by atomic mass is 10.1. The quantitative estimate of drug-likeness (QED) is 0.736. The molecule has 0 N–H and O–H groups in total. The third-order valence-electron chi connectivity index (χ3n) is 2.02. The highest BCUT2D eigenvalue weighted by atomic mass is 19.2. The highest BCUT2D eigenvalue weighted by Gasteiger charge is 2.33. The molecule has 1 aromatic carbocycles. The van der Waals surface area contributed by atoms with E-state index < -0.39 is 11.8 Å². The summed E-state index contributed by atoms with van der Waals surface area (Å²) in [6.07, 6.45) is -0.261. The zero-order chi connectivity index (χ0) is 12.2. The average molecular weight is 221 g/mol. The maximum atomic E-state index is 13.8. The molecule has 0 aromatic heterocycles. The van der Waals surface area contributed by atoms with Crippen LogP contribution in [0.4, 0.5) is 4.39 Å². The predicted molar refractivity (Wildman–Crippen MR) is 56.1 cm³/mol. The minimum Gasteiger partial charge on any atom is -0.415 e. The van der Waals surface area contributed by atoms with E-state index in [1.54, 1.807) is 24.3 Å². The second-order valence-electron chi connectivity index (χ2n) is 3.60. The summed E-state index contributed by atoms with van der Waals surface area (Å²) in [4.78, 5) is 10.6. The van der Waals surface area contributed by atoms with Crippen molar-refractivity contribution in [2.75, 3.05) is 0 Å². The number of ether oxygens (including phenoxy) is 1. The van der Waals surface area contributed by atoms with Crippen LogP contribution in [0.15, 0.2) is 24.3 Å². The number of esters is 1. The highest BCUT2D eigenvalue weighted by Crippen LogP contribution is 2.19. The zero-order valence-electron chi connectivity index (χ0n) is 9.16. The van der Waals surface area contributed by atoms with E-state index in [2.05, 4.69) is 4.74 Å². The smallest absolute Gasteiger partial charge is 0.342 e. The van der Waals surface area contributed by atoms with Crippen molar-refractivity contribution in [3.8, 4) is 6.07 Å². The molecule has 0 saturated carbocycles. The van der Waals surface area contributed by atoms with Gasteiger partial charge in [0.15, 0.2) is 0 Å². The number of carbonyl (C=O) groups excluding carboxylic acids is 1. The Morgan fingerprint density at radius 3 is 2.50 bits per heavy atom. The van der Waals surface area contributed by atoms with Crippen LogP contribution in [0.5, 0.6) is 0 Å². The lowest BCUT2D eigenvalue weighted by Gasteiger charge is -2.16. The number of nitriles is 1. The molecule has 16 heavy (non-hydrogen) atoms. The van der Waals surface area contributed by atoms with Crippen molar-refractivity contribution in [3.63, 3.8) is 0 Å². The molecule has 0 aliphatic rings. The molecule has 1 rings (SSSR count). The molecule has 0 aliphatic heterocycles. The average Bonchev–Trinajstić information content (AvgIpc) is 2.20. The predicted octanol–water partition coefficient (Wildman–Crippen LogP) is 2.29. The number of rotatable bonds is 3. The summed E-state index contributed by atoms with van der Waals surface area (Å²) < 4.78 is 18.1. The third kappa shape index (κ3) is 3.35. The number of nitrogens with zero attached hydrogens (tertiary/aromatic N) is 1. The van der Waals surface area contributed by atoms with E-state index >= 15 is 0 Å². The SMILES string of the molecule is CC(=O)OC(F)(C#N)Cc1ccc(C)cc1. The van der Waals surface area contributed by atoms with Gasteiger partial charge in [-0.3, -0.25) is 4.79 Å². The summed E-state index contributed by atoms with van der Waals surface area (Å²) >= 11 is 0. The minimum absolute atomic E-state index is 0.261. The summed E-state index contributed by atoms with van der Waals surface area (Å²) in [5, 5.41) is 8.65. The molecule has 3 nitrogen and oxygen atoms in total. The molecule has 1 aromatic rings. The first-order valence-electron chi connectivity index (χ1n) is 4.80. The summed E-state index contributed by atoms with van der Waals surface area (Å²) in [6.45, 7) is 2.98. The Morgan fingerprint density at radius 2 is 2.06 bits per heavy atom.